The molecule has 8 heterocycles. The van der Waals surface area contributed by atoms with Crippen LogP contribution in [0.25, 0.3) is 21.8 Å². The van der Waals surface area contributed by atoms with Crippen molar-refractivity contribution >= 4 is 50.3 Å². The molecule has 0 saturated carbocycles. The zero-order valence-corrected chi connectivity index (χ0v) is 34.4. The summed E-state index contributed by atoms with van der Waals surface area (Å²) >= 11 is 3.49. The highest BCUT2D eigenvalue weighted by Crippen LogP contribution is 2.34. The highest BCUT2D eigenvalue weighted by molar-refractivity contribution is 7.11. The van der Waals surface area contributed by atoms with Crippen molar-refractivity contribution in [3.8, 4) is 0 Å². The van der Waals surface area contributed by atoms with E-state index in [1.54, 1.807) is 18.3 Å². The van der Waals surface area contributed by atoms with E-state index in [9.17, 15) is 4.79 Å². The highest BCUT2D eigenvalue weighted by atomic mass is 32.1. The lowest BCUT2D eigenvalue weighted by Crippen LogP contribution is -2.34. The Kier molecular flexibility index (Phi) is 11.9. The van der Waals surface area contributed by atoms with Crippen LogP contribution < -0.4 is 0 Å². The number of ketones is 1. The molecule has 2 fully saturated rings. The van der Waals surface area contributed by atoms with Crippen LogP contribution in [0.5, 0.6) is 0 Å². The minimum absolute atomic E-state index is 0.172. The van der Waals surface area contributed by atoms with Gasteiger partial charge in [-0.1, -0.05) is 12.2 Å². The Balaban J connectivity index is 0.000000167. The average molecular weight is 763 g/mol. The molecule has 6 aromatic heterocycles. The van der Waals surface area contributed by atoms with E-state index in [-0.39, 0.29) is 5.78 Å². The molecule has 0 aliphatic carbocycles. The monoisotopic (exact) mass is 762 g/mol. The number of rotatable bonds is 10. The second-order valence-corrected chi connectivity index (χ2v) is 18.0. The van der Waals surface area contributed by atoms with E-state index in [1.807, 2.05) is 23.7 Å². The number of carbonyl (C=O) groups is 1. The van der Waals surface area contributed by atoms with Crippen LogP contribution in [0.4, 0.5) is 0 Å². The minimum Gasteiger partial charge on any atom is -0.349 e. The number of fused-ring (bicyclic) bond motifs is 2. The van der Waals surface area contributed by atoms with Crippen molar-refractivity contribution < 1.29 is 4.79 Å². The number of nitrogens with zero attached hydrogens (tertiary/aromatic N) is 8. The SMILES string of the molecule is C=C(C)Cc1ncc(CN2CCCC(c3nc(C)cc4ccn(C)c34)C2)s1.CC(=O)Cc1ncc(CN2CCCC(c3nc(C)cc4ccn(C)c34)C2)s1. The number of aryl methyl sites for hydroxylation is 4. The second-order valence-electron chi connectivity index (χ2n) is 15.6. The van der Waals surface area contributed by atoms with E-state index in [4.69, 9.17) is 9.97 Å². The molecule has 0 bridgehead atoms. The molecule has 2 aliphatic heterocycles. The number of piperidine rings is 2. The van der Waals surface area contributed by atoms with Gasteiger partial charge < -0.3 is 9.13 Å². The molecular formula is C43H54N8OS2. The number of carbonyl (C=O) groups excluding carboxylic acids is 1. The highest BCUT2D eigenvalue weighted by Gasteiger charge is 2.27. The summed E-state index contributed by atoms with van der Waals surface area (Å²) in [6.45, 7) is 18.2. The van der Waals surface area contributed by atoms with Crippen LogP contribution in [-0.4, -0.2) is 70.8 Å². The summed E-state index contributed by atoms with van der Waals surface area (Å²) in [5.74, 6) is 1.13. The summed E-state index contributed by atoms with van der Waals surface area (Å²) in [6.07, 6.45) is 14.4. The lowest BCUT2D eigenvalue weighted by Gasteiger charge is -2.32. The maximum Gasteiger partial charge on any atom is 0.136 e. The first-order valence-electron chi connectivity index (χ1n) is 19.3. The Hall–Kier alpha value is -4.03. The molecular weight excluding hydrogens is 709 g/mol. The van der Waals surface area contributed by atoms with Crippen LogP contribution in [0.2, 0.25) is 0 Å². The standard InChI is InChI=1S/C22H28N4S.C21H26N4OS/c1-15(2)10-20-23-12-19(27-20)14-26-8-5-6-18(13-26)21-22-17(7-9-25(22)4)11-16(3)24-21;1-14-9-16-6-8-24(3)21(16)20(23-14)17-5-4-7-25(12-17)13-18-11-22-19(27-18)10-15(2)26/h7,9,11-12,18H,1,5-6,8,10,13-14H2,2-4H3;6,8-9,11,17H,4-5,7,10,12-13H2,1-3H3. The molecule has 0 radical (unpaired) electrons. The van der Waals surface area contributed by atoms with Crippen molar-refractivity contribution in [1.82, 2.24) is 38.9 Å². The molecule has 0 aromatic carbocycles. The first-order valence-corrected chi connectivity index (χ1v) is 20.9. The third-order valence-corrected chi connectivity index (χ3v) is 12.6. The third kappa shape index (κ3) is 9.08. The van der Waals surface area contributed by atoms with Gasteiger partial charge in [-0.25, -0.2) is 9.97 Å². The molecule has 0 spiro atoms. The van der Waals surface area contributed by atoms with Gasteiger partial charge in [-0.2, -0.15) is 0 Å². The minimum atomic E-state index is 0.172. The van der Waals surface area contributed by atoms with Crippen molar-refractivity contribution in [2.24, 2.45) is 14.1 Å². The number of Topliss-reactive ketones (excluding diaryl/α,β-unsaturated/α-hetero) is 1. The first kappa shape index (κ1) is 38.3. The third-order valence-electron chi connectivity index (χ3n) is 10.6. The van der Waals surface area contributed by atoms with Gasteiger partial charge in [-0.3, -0.25) is 24.6 Å². The van der Waals surface area contributed by atoms with Crippen LogP contribution in [0.3, 0.4) is 0 Å². The molecule has 2 aliphatic rings. The summed E-state index contributed by atoms with van der Waals surface area (Å²) in [4.78, 5) is 37.9. The molecule has 2 unspecified atom stereocenters. The van der Waals surface area contributed by atoms with E-state index in [1.165, 1.54) is 79.2 Å². The predicted molar refractivity (Wildman–Crippen MR) is 223 cm³/mol. The predicted octanol–water partition coefficient (Wildman–Crippen LogP) is 8.69. The van der Waals surface area contributed by atoms with Gasteiger partial charge in [0.05, 0.1) is 33.8 Å². The Labute approximate surface area is 327 Å². The van der Waals surface area contributed by atoms with E-state index >= 15 is 0 Å². The van der Waals surface area contributed by atoms with E-state index in [2.05, 4.69) is 107 Å². The fourth-order valence-electron chi connectivity index (χ4n) is 8.32. The molecule has 284 valence electrons. The summed E-state index contributed by atoms with van der Waals surface area (Å²) < 4.78 is 4.43. The van der Waals surface area contributed by atoms with Crippen molar-refractivity contribution in [2.75, 3.05) is 26.2 Å². The van der Waals surface area contributed by atoms with Crippen LogP contribution in [0, 0.1) is 13.8 Å². The molecule has 11 heteroatoms. The lowest BCUT2D eigenvalue weighted by atomic mass is 9.93. The van der Waals surface area contributed by atoms with Gasteiger partial charge in [-0.15, -0.1) is 22.7 Å². The van der Waals surface area contributed by atoms with Gasteiger partial charge in [0.1, 0.15) is 10.8 Å². The normalized spacial score (nSPS) is 18.3. The molecule has 0 amide bonds. The molecule has 2 atom stereocenters. The van der Waals surface area contributed by atoms with Crippen molar-refractivity contribution in [2.45, 2.75) is 91.1 Å². The topological polar surface area (TPSA) is 85.0 Å². The molecule has 8 rings (SSSR count). The smallest absolute Gasteiger partial charge is 0.136 e. The Bertz CT molecular complexity index is 2100. The van der Waals surface area contributed by atoms with Crippen molar-refractivity contribution in [3.63, 3.8) is 0 Å². The zero-order chi connectivity index (χ0) is 37.9. The van der Waals surface area contributed by atoms with Gasteiger partial charge in [0.15, 0.2) is 0 Å². The van der Waals surface area contributed by atoms with E-state index < -0.39 is 0 Å². The Morgan fingerprint density at radius 1 is 0.759 bits per heavy atom. The van der Waals surface area contributed by atoms with Crippen molar-refractivity contribution in [1.29, 1.82) is 0 Å². The number of likely N-dealkylation sites (tertiary alicyclic amines) is 2. The summed E-state index contributed by atoms with van der Waals surface area (Å²) in [6, 6.07) is 8.75. The fraction of sp³-hybridized carbons (Fsp3) is 0.465. The quantitative estimate of drug-likeness (QED) is 0.129. The van der Waals surface area contributed by atoms with Gasteiger partial charge in [0, 0.05) is 115 Å². The summed E-state index contributed by atoms with van der Waals surface area (Å²) in [5.41, 5.74) is 8.47. The summed E-state index contributed by atoms with van der Waals surface area (Å²) in [7, 11) is 4.24. The van der Waals surface area contributed by atoms with Gasteiger partial charge in [0.2, 0.25) is 0 Å². The van der Waals surface area contributed by atoms with Crippen LogP contribution >= 0.6 is 22.7 Å². The molecule has 54 heavy (non-hydrogen) atoms. The number of thiazole rings is 2. The van der Waals surface area contributed by atoms with Crippen molar-refractivity contribution in [3.05, 3.63) is 104 Å². The van der Waals surface area contributed by atoms with Gasteiger partial charge in [0.25, 0.3) is 0 Å². The number of hydrogen-bond donors (Lipinski definition) is 0. The number of aromatic nitrogens is 6. The largest absolute Gasteiger partial charge is 0.349 e. The van der Waals surface area contributed by atoms with E-state index in [0.29, 0.717) is 18.3 Å². The summed E-state index contributed by atoms with van der Waals surface area (Å²) in [5, 5.41) is 4.70. The number of hydrogen-bond acceptors (Lipinski definition) is 9. The fourth-order valence-corrected chi connectivity index (χ4v) is 10.4. The molecule has 9 nitrogen and oxygen atoms in total. The van der Waals surface area contributed by atoms with Crippen LogP contribution in [-0.2, 0) is 44.8 Å². The maximum atomic E-state index is 11.3. The van der Waals surface area contributed by atoms with Crippen LogP contribution in [0.15, 0.2) is 61.2 Å². The zero-order valence-electron chi connectivity index (χ0n) is 32.8. The second kappa shape index (κ2) is 16.8. The molecule has 2 saturated heterocycles. The number of pyridine rings is 2. The van der Waals surface area contributed by atoms with Gasteiger partial charge in [-0.05, 0) is 90.7 Å². The number of allylic oxidation sites excluding steroid dienone is 1. The molecule has 0 N–H and O–H groups in total. The average Bonchev–Trinajstić information content (AvgIpc) is 3.93. The first-order chi connectivity index (χ1) is 26.0. The molecule has 6 aromatic rings. The lowest BCUT2D eigenvalue weighted by molar-refractivity contribution is -0.116. The Morgan fingerprint density at radius 2 is 1.22 bits per heavy atom. The van der Waals surface area contributed by atoms with Crippen LogP contribution in [0.1, 0.15) is 93.9 Å². The Morgan fingerprint density at radius 3 is 1.67 bits per heavy atom. The van der Waals surface area contributed by atoms with Gasteiger partial charge >= 0.3 is 0 Å². The maximum absolute atomic E-state index is 11.3. The van der Waals surface area contributed by atoms with E-state index in [0.717, 1.165) is 62.1 Å².